The van der Waals surface area contributed by atoms with Gasteiger partial charge < -0.3 is 15.4 Å². The van der Waals surface area contributed by atoms with Crippen molar-refractivity contribution in [2.45, 2.75) is 40.2 Å². The van der Waals surface area contributed by atoms with Gasteiger partial charge in [-0.3, -0.25) is 4.99 Å². The summed E-state index contributed by atoms with van der Waals surface area (Å²) in [5.74, 6) is 1.75. The second-order valence-corrected chi connectivity index (χ2v) is 8.68. The van der Waals surface area contributed by atoms with Gasteiger partial charge in [0.1, 0.15) is 12.4 Å². The van der Waals surface area contributed by atoms with Crippen molar-refractivity contribution < 1.29 is 4.74 Å². The van der Waals surface area contributed by atoms with Gasteiger partial charge in [0.25, 0.3) is 0 Å². The fourth-order valence-corrected chi connectivity index (χ4v) is 4.20. The first-order valence-electron chi connectivity index (χ1n) is 10.3. The molecule has 0 aliphatic carbocycles. The monoisotopic (exact) mass is 420 g/mol. The molecule has 0 bridgehead atoms. The van der Waals surface area contributed by atoms with Crippen molar-refractivity contribution in [1.82, 2.24) is 10.3 Å². The lowest BCUT2D eigenvalue weighted by Gasteiger charge is -2.18. The molecule has 5 nitrogen and oxygen atoms in total. The van der Waals surface area contributed by atoms with E-state index in [1.54, 1.807) is 11.3 Å². The fraction of sp³-hybridized carbons (Fsp3) is 0.333. The van der Waals surface area contributed by atoms with Crippen LogP contribution in [0.15, 0.2) is 46.8 Å². The lowest BCUT2D eigenvalue weighted by atomic mass is 10.0. The van der Waals surface area contributed by atoms with Crippen LogP contribution < -0.4 is 15.4 Å². The topological polar surface area (TPSA) is 58.5 Å². The average molecular weight is 421 g/mol. The lowest BCUT2D eigenvalue weighted by molar-refractivity contribution is 0.302. The maximum absolute atomic E-state index is 5.86. The van der Waals surface area contributed by atoms with Gasteiger partial charge in [-0.1, -0.05) is 23.8 Å². The first-order chi connectivity index (χ1) is 14.6. The molecule has 30 heavy (non-hydrogen) atoms. The molecule has 3 aromatic rings. The fourth-order valence-electron chi connectivity index (χ4n) is 3.40. The summed E-state index contributed by atoms with van der Waals surface area (Å²) >= 11 is 1.69. The normalized spacial score (nSPS) is 13.5. The van der Waals surface area contributed by atoms with Gasteiger partial charge in [-0.15, -0.1) is 11.3 Å². The maximum atomic E-state index is 5.86. The number of aliphatic imine (C=N–C) groups is 1. The minimum atomic E-state index is 0.496. The van der Waals surface area contributed by atoms with Crippen LogP contribution in [0.25, 0.3) is 0 Å². The summed E-state index contributed by atoms with van der Waals surface area (Å²) in [4.78, 5) is 9.28. The summed E-state index contributed by atoms with van der Waals surface area (Å²) in [7, 11) is 0. The number of nitrogens with zero attached hydrogens (tertiary/aromatic N) is 2. The molecule has 1 aliphatic rings. The Kier molecular flexibility index (Phi) is 6.33. The highest BCUT2D eigenvalue weighted by molar-refractivity contribution is 7.09. The number of anilines is 1. The van der Waals surface area contributed by atoms with Crippen molar-refractivity contribution in [3.05, 3.63) is 74.7 Å². The molecule has 1 aromatic heterocycles. The van der Waals surface area contributed by atoms with E-state index < -0.39 is 0 Å². The third-order valence-corrected chi connectivity index (χ3v) is 6.08. The molecular weight excluding hydrogens is 392 g/mol. The smallest absolute Gasteiger partial charge is 0.195 e. The molecule has 6 heteroatoms. The summed E-state index contributed by atoms with van der Waals surface area (Å²) in [6.45, 7) is 8.72. The van der Waals surface area contributed by atoms with E-state index in [9.17, 15) is 0 Å². The molecule has 2 aromatic carbocycles. The van der Waals surface area contributed by atoms with E-state index >= 15 is 0 Å². The first-order valence-corrected chi connectivity index (χ1v) is 11.2. The van der Waals surface area contributed by atoms with Crippen LogP contribution in [-0.4, -0.2) is 24.0 Å². The molecule has 0 atom stereocenters. The van der Waals surface area contributed by atoms with Gasteiger partial charge in [0.05, 0.1) is 10.7 Å². The largest absolute Gasteiger partial charge is 0.487 e. The molecule has 0 amide bonds. The van der Waals surface area contributed by atoms with Crippen LogP contribution in [-0.2, 0) is 13.0 Å². The first kappa shape index (κ1) is 20.4. The Bertz CT molecular complexity index is 1040. The van der Waals surface area contributed by atoms with Gasteiger partial charge in [0, 0.05) is 30.6 Å². The minimum Gasteiger partial charge on any atom is -0.487 e. The average Bonchev–Trinajstić information content (AvgIpc) is 3.19. The molecule has 0 radical (unpaired) electrons. The molecule has 0 spiro atoms. The number of nitrogens with one attached hydrogen (secondary N) is 2. The van der Waals surface area contributed by atoms with Crippen LogP contribution in [0.3, 0.4) is 0 Å². The zero-order valence-corrected chi connectivity index (χ0v) is 18.6. The standard InChI is InChI=1S/C24H28N4OS/c1-16-5-7-21(8-6-16)29-14-20-15-30-23(27-20)13-19-11-18(3)22(12-17(19)2)28-24-25-9-4-10-26-24/h5-8,11-12,15H,4,9-10,13-14H2,1-3H3,(H2,25,26,28). The van der Waals surface area contributed by atoms with E-state index in [0.717, 1.165) is 54.0 Å². The van der Waals surface area contributed by atoms with E-state index in [-0.39, 0.29) is 0 Å². The van der Waals surface area contributed by atoms with Crippen LogP contribution in [0.1, 0.15) is 39.4 Å². The molecule has 1 aliphatic heterocycles. The van der Waals surface area contributed by atoms with Gasteiger partial charge in [0.15, 0.2) is 5.96 Å². The molecule has 4 rings (SSSR count). The van der Waals surface area contributed by atoms with E-state index in [2.05, 4.69) is 66.0 Å². The highest BCUT2D eigenvalue weighted by Crippen LogP contribution is 2.24. The zero-order valence-electron chi connectivity index (χ0n) is 17.8. The van der Waals surface area contributed by atoms with Crippen LogP contribution in [0.5, 0.6) is 5.75 Å². The molecule has 156 valence electrons. The predicted octanol–water partition coefficient (Wildman–Crippen LogP) is 5.00. The third kappa shape index (κ3) is 5.19. The van der Waals surface area contributed by atoms with Crippen molar-refractivity contribution >= 4 is 23.0 Å². The van der Waals surface area contributed by atoms with Crippen LogP contribution in [0, 0.1) is 20.8 Å². The summed E-state index contributed by atoms with van der Waals surface area (Å²) in [6, 6.07) is 12.6. The number of aryl methyl sites for hydroxylation is 3. The summed E-state index contributed by atoms with van der Waals surface area (Å²) in [5.41, 5.74) is 7.09. The predicted molar refractivity (Wildman–Crippen MR) is 125 cm³/mol. The number of ether oxygens (including phenoxy) is 1. The summed E-state index contributed by atoms with van der Waals surface area (Å²) in [6.07, 6.45) is 1.93. The molecule has 2 heterocycles. The zero-order chi connectivity index (χ0) is 20.9. The van der Waals surface area contributed by atoms with Gasteiger partial charge >= 0.3 is 0 Å². The third-order valence-electron chi connectivity index (χ3n) is 5.18. The molecular formula is C24H28N4OS. The molecule has 0 unspecified atom stereocenters. The lowest BCUT2D eigenvalue weighted by Crippen LogP contribution is -2.35. The van der Waals surface area contributed by atoms with Gasteiger partial charge in [-0.2, -0.15) is 0 Å². The Morgan fingerprint density at radius 2 is 1.93 bits per heavy atom. The quantitative estimate of drug-likeness (QED) is 0.589. The van der Waals surface area contributed by atoms with Gasteiger partial charge in [-0.25, -0.2) is 4.98 Å². The number of rotatable bonds is 6. The number of benzene rings is 2. The van der Waals surface area contributed by atoms with Crippen molar-refractivity contribution in [3.8, 4) is 5.75 Å². The summed E-state index contributed by atoms with van der Waals surface area (Å²) in [5, 5.41) is 9.95. The highest BCUT2D eigenvalue weighted by Gasteiger charge is 2.11. The van der Waals surface area contributed by atoms with Crippen LogP contribution in [0.2, 0.25) is 0 Å². The molecule has 0 fully saturated rings. The number of aromatic nitrogens is 1. The summed E-state index contributed by atoms with van der Waals surface area (Å²) < 4.78 is 5.86. The van der Waals surface area contributed by atoms with E-state index in [1.165, 1.54) is 22.3 Å². The number of thiazole rings is 1. The van der Waals surface area contributed by atoms with E-state index in [1.807, 2.05) is 12.1 Å². The Hall–Kier alpha value is -2.86. The van der Waals surface area contributed by atoms with Crippen molar-refractivity contribution in [2.75, 3.05) is 18.4 Å². The van der Waals surface area contributed by atoms with Crippen LogP contribution in [0.4, 0.5) is 5.69 Å². The van der Waals surface area contributed by atoms with Crippen molar-refractivity contribution in [1.29, 1.82) is 0 Å². The molecule has 0 saturated carbocycles. The van der Waals surface area contributed by atoms with Gasteiger partial charge in [0.2, 0.25) is 0 Å². The number of hydrogen-bond acceptors (Lipinski definition) is 6. The minimum absolute atomic E-state index is 0.496. The highest BCUT2D eigenvalue weighted by atomic mass is 32.1. The number of hydrogen-bond donors (Lipinski definition) is 2. The SMILES string of the molecule is Cc1ccc(OCc2csc(Cc3cc(C)c(NC4=NCCCN4)cc3C)n2)cc1. The Morgan fingerprint density at radius 3 is 2.70 bits per heavy atom. The Balaban J connectivity index is 1.39. The van der Waals surface area contributed by atoms with E-state index in [4.69, 9.17) is 9.72 Å². The van der Waals surface area contributed by atoms with Crippen molar-refractivity contribution in [3.63, 3.8) is 0 Å². The van der Waals surface area contributed by atoms with Gasteiger partial charge in [-0.05, 0) is 62.1 Å². The molecule has 0 saturated heterocycles. The maximum Gasteiger partial charge on any atom is 0.195 e. The Labute approximate surface area is 182 Å². The second kappa shape index (κ2) is 9.30. The van der Waals surface area contributed by atoms with Crippen molar-refractivity contribution in [2.24, 2.45) is 4.99 Å². The van der Waals surface area contributed by atoms with E-state index in [0.29, 0.717) is 6.61 Å². The Morgan fingerprint density at radius 1 is 1.10 bits per heavy atom. The number of guanidine groups is 1. The second-order valence-electron chi connectivity index (χ2n) is 7.74. The molecule has 2 N–H and O–H groups in total. The van der Waals surface area contributed by atoms with Crippen LogP contribution >= 0.6 is 11.3 Å².